The highest BCUT2D eigenvalue weighted by atomic mass is 31.1. The van der Waals surface area contributed by atoms with E-state index in [0.29, 0.717) is 18.4 Å². The zero-order chi connectivity index (χ0) is 33.5. The smallest absolute Gasteiger partial charge is 0.222 e. The molecule has 0 spiro atoms. The first-order valence-corrected chi connectivity index (χ1v) is 17.0. The second-order valence-corrected chi connectivity index (χ2v) is 14.2. The van der Waals surface area contributed by atoms with Gasteiger partial charge >= 0.3 is 0 Å². The number of rotatable bonds is 11. The largest absolute Gasteiger partial charge is 0.349 e. The van der Waals surface area contributed by atoms with Gasteiger partial charge in [-0.1, -0.05) is 97.9 Å². The number of carbonyl (C=O) groups excluding carboxylic acids is 3. The molecule has 3 aromatic carbocycles. The lowest BCUT2D eigenvalue weighted by Crippen LogP contribution is -2.33. The molecule has 0 saturated carbocycles. The standard InChI is InChI=1S/C27H35N3O.C9H11FOP2.CH2O/c1-20(19-30-15-6-7-16-30)22-13-14-24-23(17-22)11-8-12-25(24)29-27(31)18-26(28-2)21-9-4-3-5-10-21;10-9(12,13)8-3-1-2-7(6-8)4-5-11;1-2/h3-5,9-10,13-14,17,25-26,28H,1,6-8,11-12,15-16,18-19H2,2H3,(H,29,31);1-3,5-6H,4,12-13H2;1H2/t25-,26-;;/m1../s1. The quantitative estimate of drug-likeness (QED) is 0.176. The van der Waals surface area contributed by atoms with E-state index in [2.05, 4.69) is 70.9 Å². The highest BCUT2D eigenvalue weighted by Crippen LogP contribution is 2.40. The van der Waals surface area contributed by atoms with Gasteiger partial charge in [-0.2, -0.15) is 0 Å². The molecular weight excluding hydrogens is 615 g/mol. The minimum absolute atomic E-state index is 0.0283. The lowest BCUT2D eigenvalue weighted by Gasteiger charge is -2.28. The third kappa shape index (κ3) is 11.3. The average molecular weight is 664 g/mol. The molecule has 0 radical (unpaired) electrons. The Hall–Kier alpha value is -3.08. The van der Waals surface area contributed by atoms with Gasteiger partial charge < -0.3 is 20.2 Å². The van der Waals surface area contributed by atoms with Crippen molar-refractivity contribution in [2.75, 3.05) is 26.7 Å². The van der Waals surface area contributed by atoms with Crippen LogP contribution in [0.15, 0.2) is 79.4 Å². The zero-order valence-corrected chi connectivity index (χ0v) is 29.2. The van der Waals surface area contributed by atoms with Gasteiger partial charge in [0.25, 0.3) is 0 Å². The van der Waals surface area contributed by atoms with Gasteiger partial charge in [0.15, 0.2) is 5.15 Å². The van der Waals surface area contributed by atoms with Crippen molar-refractivity contribution >= 4 is 43.0 Å². The van der Waals surface area contributed by atoms with E-state index < -0.39 is 5.15 Å². The van der Waals surface area contributed by atoms with Gasteiger partial charge in [0, 0.05) is 25.4 Å². The number of fused-ring (bicyclic) bond motifs is 1. The Balaban J connectivity index is 0.000000322. The molecule has 3 aromatic rings. The van der Waals surface area contributed by atoms with Gasteiger partial charge in [-0.25, -0.2) is 4.39 Å². The number of aldehydes is 1. The SMILES string of the molecule is C=C(CN1CCCC1)c1ccc2c(c1)CCC[C@H]2NC(=O)C[C@@H](NC)c1ccccc1.C=O.O=CCc1cccc(C(F)(P)P)c1. The van der Waals surface area contributed by atoms with Crippen molar-refractivity contribution in [3.63, 3.8) is 0 Å². The summed E-state index contributed by atoms with van der Waals surface area (Å²) in [6.45, 7) is 9.70. The third-order valence-corrected chi connectivity index (χ3v) is 9.11. The number of amides is 1. The molecule has 1 aliphatic carbocycles. The van der Waals surface area contributed by atoms with Crippen molar-refractivity contribution in [1.29, 1.82) is 0 Å². The monoisotopic (exact) mass is 663 g/mol. The fourth-order valence-electron chi connectivity index (χ4n) is 6.03. The Morgan fingerprint density at radius 2 is 1.76 bits per heavy atom. The second-order valence-electron chi connectivity index (χ2n) is 11.8. The van der Waals surface area contributed by atoms with Gasteiger partial charge in [-0.15, -0.1) is 0 Å². The Morgan fingerprint density at radius 3 is 2.41 bits per heavy atom. The number of hydrogen-bond donors (Lipinski definition) is 2. The van der Waals surface area contributed by atoms with Gasteiger partial charge in [0.05, 0.1) is 6.04 Å². The number of hydrogen-bond acceptors (Lipinski definition) is 5. The van der Waals surface area contributed by atoms with Gasteiger partial charge in [0.1, 0.15) is 13.1 Å². The van der Waals surface area contributed by atoms with Crippen LogP contribution in [0.3, 0.4) is 0 Å². The molecular formula is C37H48FN3O3P2. The lowest BCUT2D eigenvalue weighted by molar-refractivity contribution is -0.122. The summed E-state index contributed by atoms with van der Waals surface area (Å²) < 4.78 is 13.4. The predicted molar refractivity (Wildman–Crippen MR) is 193 cm³/mol. The van der Waals surface area contributed by atoms with Crippen molar-refractivity contribution in [2.45, 2.75) is 62.2 Å². The normalized spacial score (nSPS) is 16.5. The van der Waals surface area contributed by atoms with Crippen LogP contribution in [0.1, 0.15) is 77.6 Å². The summed E-state index contributed by atoms with van der Waals surface area (Å²) in [5.74, 6) is 0.101. The van der Waals surface area contributed by atoms with Crippen LogP contribution >= 0.6 is 18.5 Å². The summed E-state index contributed by atoms with van der Waals surface area (Å²) in [4.78, 5) is 33.6. The zero-order valence-electron chi connectivity index (χ0n) is 26.9. The molecule has 1 heterocycles. The molecule has 6 nitrogen and oxygen atoms in total. The number of nitrogens with one attached hydrogen (secondary N) is 2. The Kier molecular flexibility index (Phi) is 15.4. The molecule has 2 N–H and O–H groups in total. The first kappa shape index (κ1) is 37.4. The third-order valence-electron chi connectivity index (χ3n) is 8.44. The van der Waals surface area contributed by atoms with Crippen LogP contribution in [0.4, 0.5) is 4.39 Å². The highest BCUT2D eigenvalue weighted by molar-refractivity contribution is 7.38. The first-order valence-electron chi connectivity index (χ1n) is 15.8. The molecule has 246 valence electrons. The maximum atomic E-state index is 13.4. The number of aryl methyl sites for hydroxylation is 1. The minimum Gasteiger partial charge on any atom is -0.349 e. The maximum Gasteiger partial charge on any atom is 0.222 e. The van der Waals surface area contributed by atoms with Crippen LogP contribution in [0.5, 0.6) is 0 Å². The molecule has 1 saturated heterocycles. The fourth-order valence-corrected chi connectivity index (χ4v) is 6.39. The molecule has 0 aromatic heterocycles. The van der Waals surface area contributed by atoms with Crippen molar-refractivity contribution in [3.8, 4) is 0 Å². The maximum absolute atomic E-state index is 13.4. The van der Waals surface area contributed by atoms with Gasteiger partial charge in [-0.05, 0) is 91.2 Å². The van der Waals surface area contributed by atoms with Crippen molar-refractivity contribution in [1.82, 2.24) is 15.5 Å². The number of alkyl halides is 1. The summed E-state index contributed by atoms with van der Waals surface area (Å²) in [6.07, 6.45) is 7.38. The molecule has 4 atom stereocenters. The lowest BCUT2D eigenvalue weighted by atomic mass is 9.85. The summed E-state index contributed by atoms with van der Waals surface area (Å²) in [5, 5.41) is 5.09. The number of carbonyl (C=O) groups is 3. The molecule has 0 bridgehead atoms. The second kappa shape index (κ2) is 18.9. The molecule has 9 heteroatoms. The number of benzene rings is 3. The van der Waals surface area contributed by atoms with Gasteiger partial charge in [0.2, 0.25) is 5.91 Å². The van der Waals surface area contributed by atoms with E-state index in [-0.39, 0.29) is 18.0 Å². The average Bonchev–Trinajstić information content (AvgIpc) is 3.58. The van der Waals surface area contributed by atoms with Crippen LogP contribution in [0.2, 0.25) is 0 Å². The van der Waals surface area contributed by atoms with E-state index in [0.717, 1.165) is 43.2 Å². The van der Waals surface area contributed by atoms with Crippen molar-refractivity contribution in [3.05, 3.63) is 113 Å². The predicted octanol–water partition coefficient (Wildman–Crippen LogP) is 6.71. The molecule has 46 heavy (non-hydrogen) atoms. The summed E-state index contributed by atoms with van der Waals surface area (Å²) >= 11 is 0. The molecule has 2 aliphatic rings. The Bertz CT molecular complexity index is 1420. The fraction of sp³-hybridized carbons (Fsp3) is 0.378. The topological polar surface area (TPSA) is 78.5 Å². The van der Waals surface area contributed by atoms with Crippen LogP contribution in [0, 0.1) is 0 Å². The molecule has 1 amide bonds. The van der Waals surface area contributed by atoms with Crippen LogP contribution in [0.25, 0.3) is 5.57 Å². The highest BCUT2D eigenvalue weighted by Gasteiger charge is 2.24. The Morgan fingerprint density at radius 1 is 1.04 bits per heavy atom. The van der Waals surface area contributed by atoms with E-state index in [9.17, 15) is 14.0 Å². The van der Waals surface area contributed by atoms with Crippen LogP contribution < -0.4 is 10.6 Å². The van der Waals surface area contributed by atoms with E-state index >= 15 is 0 Å². The van der Waals surface area contributed by atoms with Crippen molar-refractivity contribution < 1.29 is 18.8 Å². The summed E-state index contributed by atoms with van der Waals surface area (Å²) in [6, 6.07) is 24.0. The van der Waals surface area contributed by atoms with E-state index in [1.54, 1.807) is 24.3 Å². The molecule has 5 rings (SSSR count). The first-order chi connectivity index (χ1) is 22.2. The van der Waals surface area contributed by atoms with Crippen LogP contribution in [-0.4, -0.2) is 50.6 Å². The minimum atomic E-state index is -1.50. The summed E-state index contributed by atoms with van der Waals surface area (Å²) in [7, 11) is 6.11. The van der Waals surface area contributed by atoms with Crippen molar-refractivity contribution in [2.24, 2.45) is 0 Å². The van der Waals surface area contributed by atoms with E-state index in [4.69, 9.17) is 4.79 Å². The molecule has 1 fully saturated rings. The number of likely N-dealkylation sites (tertiary alicyclic amines) is 1. The van der Waals surface area contributed by atoms with E-state index in [1.807, 2.05) is 32.0 Å². The Labute approximate surface area is 278 Å². The number of halogens is 1. The summed E-state index contributed by atoms with van der Waals surface area (Å²) in [5.41, 5.74) is 7.61. The number of nitrogens with zero attached hydrogens (tertiary/aromatic N) is 1. The van der Waals surface area contributed by atoms with E-state index in [1.165, 1.54) is 48.2 Å². The molecule has 2 unspecified atom stereocenters. The van der Waals surface area contributed by atoms with Crippen LogP contribution in [-0.2, 0) is 32.4 Å². The van der Waals surface area contributed by atoms with Gasteiger partial charge in [-0.3, -0.25) is 9.69 Å². The molecule has 1 aliphatic heterocycles.